The Bertz CT molecular complexity index is 1160. The Morgan fingerprint density at radius 1 is 1.22 bits per heavy atom. The minimum atomic E-state index is -4.33. The van der Waals surface area contributed by atoms with Crippen molar-refractivity contribution in [3.05, 3.63) is 47.5 Å². The van der Waals surface area contributed by atoms with Crippen molar-refractivity contribution in [1.82, 2.24) is 14.8 Å². The third-order valence-corrected chi connectivity index (χ3v) is 5.71. The highest BCUT2D eigenvalue weighted by atomic mass is 19.4. The van der Waals surface area contributed by atoms with Crippen LogP contribution in [0.25, 0.3) is 16.7 Å². The lowest BCUT2D eigenvalue weighted by molar-refractivity contribution is -0.175. The molecule has 3 heterocycles. The van der Waals surface area contributed by atoms with Gasteiger partial charge in [0.05, 0.1) is 28.4 Å². The summed E-state index contributed by atoms with van der Waals surface area (Å²) in [7, 11) is 0. The molecule has 1 unspecified atom stereocenters. The highest BCUT2D eigenvalue weighted by Gasteiger charge is 2.42. The maximum absolute atomic E-state index is 13.4. The lowest BCUT2D eigenvalue weighted by Gasteiger charge is -2.35. The molecule has 0 saturated carbocycles. The van der Waals surface area contributed by atoms with E-state index in [-0.39, 0.29) is 30.2 Å². The van der Waals surface area contributed by atoms with Gasteiger partial charge >= 0.3 is 12.1 Å². The molecule has 0 radical (unpaired) electrons. The van der Waals surface area contributed by atoms with E-state index >= 15 is 0 Å². The number of nitrogens with zero attached hydrogens (tertiary/aromatic N) is 4. The number of carboxylic acid groups (broad SMARTS) is 1. The van der Waals surface area contributed by atoms with Crippen LogP contribution in [0.15, 0.2) is 30.3 Å². The molecular formula is C22H22F4N4O2. The van der Waals surface area contributed by atoms with Crippen LogP contribution in [0.5, 0.6) is 0 Å². The third-order valence-electron chi connectivity index (χ3n) is 5.71. The van der Waals surface area contributed by atoms with Gasteiger partial charge < -0.3 is 10.0 Å². The zero-order valence-electron chi connectivity index (χ0n) is 17.5. The molecule has 1 N–H and O–H groups in total. The number of piperidine rings is 1. The number of carboxylic acids is 1. The van der Waals surface area contributed by atoms with E-state index in [4.69, 9.17) is 0 Å². The Kier molecular flexibility index (Phi) is 5.56. The van der Waals surface area contributed by atoms with Crippen molar-refractivity contribution in [2.75, 3.05) is 18.0 Å². The van der Waals surface area contributed by atoms with Gasteiger partial charge in [-0.25, -0.2) is 18.9 Å². The first-order valence-corrected chi connectivity index (χ1v) is 10.3. The summed E-state index contributed by atoms with van der Waals surface area (Å²) in [4.78, 5) is 17.6. The van der Waals surface area contributed by atoms with Crippen LogP contribution in [0, 0.1) is 11.7 Å². The molecule has 0 aliphatic carbocycles. The van der Waals surface area contributed by atoms with E-state index in [0.717, 1.165) is 0 Å². The Hall–Kier alpha value is -3.17. The average molecular weight is 450 g/mol. The first-order chi connectivity index (χ1) is 15.1. The molecule has 0 spiro atoms. The Morgan fingerprint density at radius 3 is 2.50 bits per heavy atom. The second-order valence-corrected chi connectivity index (χ2v) is 8.29. The molecule has 170 valence electrons. The summed E-state index contributed by atoms with van der Waals surface area (Å²) in [6, 6.07) is 6.80. The normalized spacial score (nSPS) is 17.3. The number of halogens is 4. The Morgan fingerprint density at radius 2 is 1.91 bits per heavy atom. The predicted molar refractivity (Wildman–Crippen MR) is 111 cm³/mol. The number of rotatable bonds is 4. The molecule has 1 fully saturated rings. The quantitative estimate of drug-likeness (QED) is 0.556. The number of alkyl halides is 3. The first-order valence-electron chi connectivity index (χ1n) is 10.3. The molecule has 10 heteroatoms. The van der Waals surface area contributed by atoms with Crippen LogP contribution < -0.4 is 4.90 Å². The minimum Gasteiger partial charge on any atom is -0.477 e. The van der Waals surface area contributed by atoms with Gasteiger partial charge in [0.1, 0.15) is 5.82 Å². The van der Waals surface area contributed by atoms with Crippen molar-refractivity contribution in [2.24, 2.45) is 5.92 Å². The molecule has 2 aromatic heterocycles. The van der Waals surface area contributed by atoms with E-state index in [9.17, 15) is 27.5 Å². The maximum Gasteiger partial charge on any atom is 0.393 e. The molecule has 1 aliphatic heterocycles. The number of hydrogen-bond donors (Lipinski definition) is 1. The summed E-state index contributed by atoms with van der Waals surface area (Å²) in [5.74, 6) is -3.35. The van der Waals surface area contributed by atoms with Gasteiger partial charge in [-0.05, 0) is 49.1 Å². The number of aromatic carboxylic acids is 1. The van der Waals surface area contributed by atoms with Crippen LogP contribution in [0.4, 0.5) is 23.2 Å². The van der Waals surface area contributed by atoms with Gasteiger partial charge in [-0.15, -0.1) is 0 Å². The fraction of sp³-hybridized carbons (Fsp3) is 0.409. The Labute approximate surface area is 181 Å². The van der Waals surface area contributed by atoms with E-state index in [1.54, 1.807) is 4.90 Å². The average Bonchev–Trinajstić information content (AvgIpc) is 3.13. The monoisotopic (exact) mass is 450 g/mol. The van der Waals surface area contributed by atoms with E-state index in [0.29, 0.717) is 35.4 Å². The number of benzene rings is 1. The number of hydrogen-bond acceptors (Lipinski definition) is 4. The van der Waals surface area contributed by atoms with Crippen LogP contribution in [-0.4, -0.2) is 45.1 Å². The minimum absolute atomic E-state index is 0.0336. The second-order valence-electron chi connectivity index (χ2n) is 8.29. The molecule has 0 bridgehead atoms. The number of carbonyl (C=O) groups is 1. The summed E-state index contributed by atoms with van der Waals surface area (Å²) in [6.45, 7) is 3.88. The van der Waals surface area contributed by atoms with Gasteiger partial charge in [0.2, 0.25) is 0 Å². The second kappa shape index (κ2) is 8.07. The topological polar surface area (TPSA) is 71.2 Å². The largest absolute Gasteiger partial charge is 0.477 e. The van der Waals surface area contributed by atoms with Crippen molar-refractivity contribution in [3.8, 4) is 5.69 Å². The van der Waals surface area contributed by atoms with Gasteiger partial charge in [-0.1, -0.05) is 13.8 Å². The fourth-order valence-electron chi connectivity index (χ4n) is 4.11. The van der Waals surface area contributed by atoms with Crippen molar-refractivity contribution in [1.29, 1.82) is 0 Å². The lowest BCUT2D eigenvalue weighted by Crippen LogP contribution is -2.42. The van der Waals surface area contributed by atoms with Crippen LogP contribution in [0.1, 0.15) is 48.8 Å². The molecule has 3 aromatic rings. The number of pyridine rings is 1. The number of fused-ring (bicyclic) bond motifs is 1. The number of anilines is 1. The molecular weight excluding hydrogens is 428 g/mol. The zero-order chi connectivity index (χ0) is 23.2. The van der Waals surface area contributed by atoms with Gasteiger partial charge in [-0.2, -0.15) is 18.3 Å². The van der Waals surface area contributed by atoms with Gasteiger partial charge in [-0.3, -0.25) is 0 Å². The molecule has 0 amide bonds. The van der Waals surface area contributed by atoms with Crippen molar-refractivity contribution >= 4 is 22.7 Å². The molecule has 6 nitrogen and oxygen atoms in total. The number of aromatic nitrogens is 3. The fourth-order valence-corrected chi connectivity index (χ4v) is 4.11. The summed E-state index contributed by atoms with van der Waals surface area (Å²) in [5, 5.41) is 14.7. The predicted octanol–water partition coefficient (Wildman–Crippen LogP) is 5.16. The molecule has 1 aromatic carbocycles. The summed E-state index contributed by atoms with van der Waals surface area (Å²) < 4.78 is 55.2. The molecule has 1 aliphatic rings. The van der Waals surface area contributed by atoms with Crippen molar-refractivity contribution in [3.63, 3.8) is 0 Å². The van der Waals surface area contributed by atoms with Gasteiger partial charge in [0, 0.05) is 13.1 Å². The smallest absolute Gasteiger partial charge is 0.393 e. The van der Waals surface area contributed by atoms with E-state index in [1.807, 2.05) is 13.8 Å². The van der Waals surface area contributed by atoms with Crippen molar-refractivity contribution < 1.29 is 27.5 Å². The lowest BCUT2D eigenvalue weighted by atomic mass is 9.96. The summed E-state index contributed by atoms with van der Waals surface area (Å²) in [5.41, 5.74) is 1.34. The Balaban J connectivity index is 1.96. The highest BCUT2D eigenvalue weighted by Crippen LogP contribution is 2.39. The highest BCUT2D eigenvalue weighted by molar-refractivity contribution is 5.98. The van der Waals surface area contributed by atoms with E-state index in [1.165, 1.54) is 35.0 Å². The standard InChI is InChI=1S/C22H22F4N4O2/c1-12(2)19-18-17(29-9-3-4-13(11-29)22(24,25)26)10-16(21(31)32)27-20(18)30(28-19)15-7-5-14(23)6-8-15/h5-8,10,12-13H,3-4,9,11H2,1-2H3,(H,31,32). The molecule has 1 atom stereocenters. The van der Waals surface area contributed by atoms with E-state index in [2.05, 4.69) is 10.1 Å². The molecule has 4 rings (SSSR count). The van der Waals surface area contributed by atoms with Crippen LogP contribution in [-0.2, 0) is 0 Å². The summed E-state index contributed by atoms with van der Waals surface area (Å²) >= 11 is 0. The van der Waals surface area contributed by atoms with Crippen molar-refractivity contribution in [2.45, 2.75) is 38.8 Å². The molecule has 1 saturated heterocycles. The zero-order valence-corrected chi connectivity index (χ0v) is 17.5. The van der Waals surface area contributed by atoms with E-state index < -0.39 is 23.9 Å². The molecule has 32 heavy (non-hydrogen) atoms. The van der Waals surface area contributed by atoms with Gasteiger partial charge in [0.25, 0.3) is 0 Å². The SMILES string of the molecule is CC(C)c1nn(-c2ccc(F)cc2)c2nc(C(=O)O)cc(N3CCCC(C(F)(F)F)C3)c12. The van der Waals surface area contributed by atoms with Crippen LogP contribution >= 0.6 is 0 Å². The third kappa shape index (κ3) is 4.01. The van der Waals surface area contributed by atoms with Crippen LogP contribution in [0.3, 0.4) is 0 Å². The van der Waals surface area contributed by atoms with Crippen LogP contribution in [0.2, 0.25) is 0 Å². The summed E-state index contributed by atoms with van der Waals surface area (Å²) in [6.07, 6.45) is -3.97. The first kappa shape index (κ1) is 22.0. The van der Waals surface area contributed by atoms with Gasteiger partial charge in [0.15, 0.2) is 11.3 Å². The maximum atomic E-state index is 13.4.